The van der Waals surface area contributed by atoms with E-state index in [1.54, 1.807) is 6.07 Å². The van der Waals surface area contributed by atoms with Gasteiger partial charge >= 0.3 is 0 Å². The van der Waals surface area contributed by atoms with Crippen LogP contribution >= 0.6 is 0 Å². The summed E-state index contributed by atoms with van der Waals surface area (Å²) in [7, 11) is 0. The van der Waals surface area contributed by atoms with E-state index in [0.29, 0.717) is 6.61 Å². The third-order valence-corrected chi connectivity index (χ3v) is 5.05. The van der Waals surface area contributed by atoms with Crippen LogP contribution in [0.3, 0.4) is 0 Å². The zero-order chi connectivity index (χ0) is 18.6. The van der Waals surface area contributed by atoms with Crippen molar-refractivity contribution in [1.29, 1.82) is 0 Å². The molecular weight excluding hydrogens is 332 g/mol. The summed E-state index contributed by atoms with van der Waals surface area (Å²) in [6, 6.07) is 24.3. The minimum Gasteiger partial charge on any atom is -0.507 e. The molecule has 2 heteroatoms. The van der Waals surface area contributed by atoms with Crippen molar-refractivity contribution in [1.82, 2.24) is 0 Å². The van der Waals surface area contributed by atoms with Gasteiger partial charge in [0.15, 0.2) is 0 Å². The van der Waals surface area contributed by atoms with Gasteiger partial charge in [-0.25, -0.2) is 0 Å². The van der Waals surface area contributed by atoms with Crippen LogP contribution in [0.15, 0.2) is 72.8 Å². The van der Waals surface area contributed by atoms with E-state index in [1.165, 1.54) is 0 Å². The van der Waals surface area contributed by atoms with Crippen molar-refractivity contribution in [2.24, 2.45) is 0 Å². The molecule has 0 radical (unpaired) electrons. The SMILES string of the molecule is CCCCCOc1ccc2ccccc2c1-c1c(O)ccc2ccccc12. The summed E-state index contributed by atoms with van der Waals surface area (Å²) in [4.78, 5) is 0. The Kier molecular flexibility index (Phi) is 4.97. The van der Waals surface area contributed by atoms with Crippen molar-refractivity contribution in [3.05, 3.63) is 72.8 Å². The minimum absolute atomic E-state index is 0.281. The predicted octanol–water partition coefficient (Wildman–Crippen LogP) is 6.93. The van der Waals surface area contributed by atoms with Crippen molar-refractivity contribution < 1.29 is 9.84 Å². The summed E-state index contributed by atoms with van der Waals surface area (Å²) in [5, 5.41) is 15.2. The second-order valence-electron chi connectivity index (χ2n) is 6.90. The van der Waals surface area contributed by atoms with Crippen LogP contribution in [0.5, 0.6) is 11.5 Å². The second kappa shape index (κ2) is 7.71. The Bertz CT molecular complexity index is 1080. The Hall–Kier alpha value is -3.00. The van der Waals surface area contributed by atoms with E-state index < -0.39 is 0 Å². The van der Waals surface area contributed by atoms with Crippen LogP contribution in [-0.4, -0.2) is 11.7 Å². The average Bonchev–Trinajstić information content (AvgIpc) is 2.71. The van der Waals surface area contributed by atoms with E-state index in [9.17, 15) is 5.11 Å². The molecule has 4 aromatic carbocycles. The number of aromatic hydroxyl groups is 1. The normalized spacial score (nSPS) is 11.1. The summed E-state index contributed by atoms with van der Waals surface area (Å²) < 4.78 is 6.19. The maximum absolute atomic E-state index is 10.8. The van der Waals surface area contributed by atoms with Crippen molar-refractivity contribution in [2.75, 3.05) is 6.61 Å². The first kappa shape index (κ1) is 17.4. The number of phenols is 1. The number of benzene rings is 4. The highest BCUT2D eigenvalue weighted by atomic mass is 16.5. The number of rotatable bonds is 6. The number of hydrogen-bond acceptors (Lipinski definition) is 2. The zero-order valence-corrected chi connectivity index (χ0v) is 15.6. The number of fused-ring (bicyclic) bond motifs is 2. The molecule has 0 atom stereocenters. The first-order valence-corrected chi connectivity index (χ1v) is 9.65. The van der Waals surface area contributed by atoms with Crippen LogP contribution in [-0.2, 0) is 0 Å². The molecule has 0 aliphatic heterocycles. The molecule has 0 bridgehead atoms. The van der Waals surface area contributed by atoms with E-state index in [2.05, 4.69) is 37.3 Å². The minimum atomic E-state index is 0.281. The highest BCUT2D eigenvalue weighted by Gasteiger charge is 2.17. The maximum Gasteiger partial charge on any atom is 0.127 e. The van der Waals surface area contributed by atoms with E-state index in [4.69, 9.17) is 4.74 Å². The van der Waals surface area contributed by atoms with Gasteiger partial charge in [0.2, 0.25) is 0 Å². The molecule has 136 valence electrons. The quantitative estimate of drug-likeness (QED) is 0.379. The summed E-state index contributed by atoms with van der Waals surface area (Å²) in [5.41, 5.74) is 1.81. The Morgan fingerprint density at radius 1 is 0.704 bits per heavy atom. The van der Waals surface area contributed by atoms with E-state index >= 15 is 0 Å². The Labute approximate surface area is 160 Å². The fraction of sp³-hybridized carbons (Fsp3) is 0.200. The largest absolute Gasteiger partial charge is 0.507 e. The van der Waals surface area contributed by atoms with Gasteiger partial charge in [-0.3, -0.25) is 0 Å². The molecule has 1 N–H and O–H groups in total. The Morgan fingerprint density at radius 2 is 1.33 bits per heavy atom. The third kappa shape index (κ3) is 3.35. The molecule has 4 rings (SSSR count). The van der Waals surface area contributed by atoms with Crippen LogP contribution in [0.2, 0.25) is 0 Å². The molecule has 0 saturated carbocycles. The van der Waals surface area contributed by atoms with Crippen LogP contribution in [0, 0.1) is 0 Å². The topological polar surface area (TPSA) is 29.5 Å². The molecule has 0 saturated heterocycles. The molecule has 0 spiro atoms. The van der Waals surface area contributed by atoms with Crippen LogP contribution < -0.4 is 4.74 Å². The number of unbranched alkanes of at least 4 members (excludes halogenated alkanes) is 2. The van der Waals surface area contributed by atoms with Gasteiger partial charge in [-0.05, 0) is 40.1 Å². The fourth-order valence-corrected chi connectivity index (χ4v) is 3.69. The Morgan fingerprint density at radius 3 is 2.04 bits per heavy atom. The monoisotopic (exact) mass is 356 g/mol. The number of ether oxygens (including phenoxy) is 1. The molecule has 4 aromatic rings. The molecule has 27 heavy (non-hydrogen) atoms. The summed E-state index contributed by atoms with van der Waals surface area (Å²) in [5.74, 6) is 1.11. The molecule has 0 heterocycles. The van der Waals surface area contributed by atoms with Crippen molar-refractivity contribution >= 4 is 21.5 Å². The second-order valence-corrected chi connectivity index (χ2v) is 6.90. The lowest BCUT2D eigenvalue weighted by Crippen LogP contribution is -1.99. The molecule has 2 nitrogen and oxygen atoms in total. The van der Waals surface area contributed by atoms with Gasteiger partial charge in [0.25, 0.3) is 0 Å². The zero-order valence-electron chi connectivity index (χ0n) is 15.6. The highest BCUT2D eigenvalue weighted by molar-refractivity contribution is 6.09. The fourth-order valence-electron chi connectivity index (χ4n) is 3.69. The lowest BCUT2D eigenvalue weighted by molar-refractivity contribution is 0.307. The van der Waals surface area contributed by atoms with Gasteiger partial charge in [0.05, 0.1) is 6.61 Å². The average molecular weight is 356 g/mol. The van der Waals surface area contributed by atoms with Crippen molar-refractivity contribution in [3.8, 4) is 22.6 Å². The lowest BCUT2D eigenvalue weighted by atomic mass is 9.92. The molecular formula is C25H24O2. The van der Waals surface area contributed by atoms with Gasteiger partial charge < -0.3 is 9.84 Å². The van der Waals surface area contributed by atoms with Crippen LogP contribution in [0.25, 0.3) is 32.7 Å². The van der Waals surface area contributed by atoms with E-state index in [-0.39, 0.29) is 5.75 Å². The van der Waals surface area contributed by atoms with Crippen molar-refractivity contribution in [3.63, 3.8) is 0 Å². The number of hydrogen-bond donors (Lipinski definition) is 1. The molecule has 0 aliphatic rings. The summed E-state index contributed by atoms with van der Waals surface area (Å²) in [6.07, 6.45) is 3.35. The molecule has 0 aromatic heterocycles. The molecule has 0 unspecified atom stereocenters. The van der Waals surface area contributed by atoms with Crippen LogP contribution in [0.4, 0.5) is 0 Å². The number of phenolic OH excluding ortho intramolecular Hbond substituents is 1. The van der Waals surface area contributed by atoms with Gasteiger partial charge in [0.1, 0.15) is 11.5 Å². The van der Waals surface area contributed by atoms with E-state index in [0.717, 1.165) is 57.7 Å². The summed E-state index contributed by atoms with van der Waals surface area (Å²) in [6.45, 7) is 2.88. The Balaban J connectivity index is 1.96. The molecule has 0 amide bonds. The van der Waals surface area contributed by atoms with Gasteiger partial charge in [-0.1, -0.05) is 80.4 Å². The lowest BCUT2D eigenvalue weighted by Gasteiger charge is -2.17. The third-order valence-electron chi connectivity index (χ3n) is 5.05. The maximum atomic E-state index is 10.8. The van der Waals surface area contributed by atoms with Crippen molar-refractivity contribution in [2.45, 2.75) is 26.2 Å². The molecule has 0 fully saturated rings. The molecule has 0 aliphatic carbocycles. The van der Waals surface area contributed by atoms with Gasteiger partial charge in [-0.2, -0.15) is 0 Å². The van der Waals surface area contributed by atoms with Gasteiger partial charge in [-0.15, -0.1) is 0 Å². The highest BCUT2D eigenvalue weighted by Crippen LogP contribution is 2.44. The smallest absolute Gasteiger partial charge is 0.127 e. The first-order chi connectivity index (χ1) is 13.3. The first-order valence-electron chi connectivity index (χ1n) is 9.65. The standard InChI is InChI=1S/C25H24O2/c1-2-3-8-17-27-23-16-14-19-10-5-7-12-21(19)25(23)24-20-11-6-4-9-18(20)13-15-22(24)26/h4-7,9-16,26H,2-3,8,17H2,1H3. The van der Waals surface area contributed by atoms with Crippen LogP contribution in [0.1, 0.15) is 26.2 Å². The predicted molar refractivity (Wildman–Crippen MR) is 114 cm³/mol. The summed E-state index contributed by atoms with van der Waals surface area (Å²) >= 11 is 0. The van der Waals surface area contributed by atoms with Gasteiger partial charge in [0, 0.05) is 11.1 Å². The van der Waals surface area contributed by atoms with E-state index in [1.807, 2.05) is 36.4 Å².